The number of nitrogens with zero attached hydrogens (tertiary/aromatic N) is 1. The SMILES string of the molecule is COc1ncccc1COc1ccc(N)cc1C(=O)O. The van der Waals surface area contributed by atoms with Crippen molar-refractivity contribution in [1.82, 2.24) is 4.98 Å². The maximum Gasteiger partial charge on any atom is 0.339 e. The Morgan fingerprint density at radius 1 is 1.40 bits per heavy atom. The Morgan fingerprint density at radius 2 is 2.20 bits per heavy atom. The van der Waals surface area contributed by atoms with Crippen LogP contribution in [0.5, 0.6) is 11.6 Å². The molecule has 6 heteroatoms. The van der Waals surface area contributed by atoms with Crippen molar-refractivity contribution in [2.24, 2.45) is 0 Å². The lowest BCUT2D eigenvalue weighted by atomic mass is 10.2. The summed E-state index contributed by atoms with van der Waals surface area (Å²) in [4.78, 5) is 15.2. The number of rotatable bonds is 5. The number of carboxylic acids is 1. The minimum absolute atomic E-state index is 0.0212. The molecule has 0 aliphatic rings. The maximum absolute atomic E-state index is 11.1. The van der Waals surface area contributed by atoms with Gasteiger partial charge in [-0.1, -0.05) is 0 Å². The number of carboxylic acid groups (broad SMARTS) is 1. The molecule has 0 atom stereocenters. The number of aromatic carboxylic acids is 1. The lowest BCUT2D eigenvalue weighted by molar-refractivity contribution is 0.0692. The first-order chi connectivity index (χ1) is 9.61. The second-order valence-electron chi connectivity index (χ2n) is 4.02. The fourth-order valence-electron chi connectivity index (χ4n) is 1.71. The number of carbonyl (C=O) groups is 1. The first kappa shape index (κ1) is 13.7. The van der Waals surface area contributed by atoms with E-state index in [0.717, 1.165) is 5.56 Å². The van der Waals surface area contributed by atoms with Crippen LogP contribution in [0.1, 0.15) is 15.9 Å². The van der Waals surface area contributed by atoms with E-state index in [9.17, 15) is 4.79 Å². The highest BCUT2D eigenvalue weighted by Gasteiger charge is 2.13. The Hall–Kier alpha value is -2.76. The van der Waals surface area contributed by atoms with Crippen molar-refractivity contribution in [2.75, 3.05) is 12.8 Å². The lowest BCUT2D eigenvalue weighted by Crippen LogP contribution is -2.05. The van der Waals surface area contributed by atoms with Crippen molar-refractivity contribution in [2.45, 2.75) is 6.61 Å². The molecule has 2 rings (SSSR count). The number of pyridine rings is 1. The molecule has 1 heterocycles. The second kappa shape index (κ2) is 5.92. The number of methoxy groups -OCH3 is 1. The normalized spacial score (nSPS) is 10.1. The van der Waals surface area contributed by atoms with Crippen molar-refractivity contribution in [3.8, 4) is 11.6 Å². The summed E-state index contributed by atoms with van der Waals surface area (Å²) in [6.07, 6.45) is 1.61. The third kappa shape index (κ3) is 2.97. The van der Waals surface area contributed by atoms with Crippen LogP contribution in [0.15, 0.2) is 36.5 Å². The summed E-state index contributed by atoms with van der Waals surface area (Å²) in [5, 5.41) is 9.12. The second-order valence-corrected chi connectivity index (χ2v) is 4.02. The number of aromatic nitrogens is 1. The molecule has 3 N–H and O–H groups in total. The molecule has 0 saturated heterocycles. The molecular weight excluding hydrogens is 260 g/mol. The van der Waals surface area contributed by atoms with Gasteiger partial charge in [0.1, 0.15) is 17.9 Å². The number of benzene rings is 1. The summed E-state index contributed by atoms with van der Waals surface area (Å²) in [6, 6.07) is 8.02. The van der Waals surface area contributed by atoms with Gasteiger partial charge in [0.2, 0.25) is 5.88 Å². The highest BCUT2D eigenvalue weighted by molar-refractivity contribution is 5.92. The van der Waals surface area contributed by atoms with E-state index >= 15 is 0 Å². The zero-order valence-electron chi connectivity index (χ0n) is 10.9. The topological polar surface area (TPSA) is 94.7 Å². The number of hydrogen-bond acceptors (Lipinski definition) is 5. The number of anilines is 1. The molecule has 0 aliphatic heterocycles. The summed E-state index contributed by atoms with van der Waals surface area (Å²) in [5.41, 5.74) is 6.68. The molecule has 6 nitrogen and oxygen atoms in total. The maximum atomic E-state index is 11.1. The highest BCUT2D eigenvalue weighted by atomic mass is 16.5. The molecule has 2 aromatic rings. The van der Waals surface area contributed by atoms with Gasteiger partial charge in [0.15, 0.2) is 0 Å². The van der Waals surface area contributed by atoms with Gasteiger partial charge < -0.3 is 20.3 Å². The predicted octanol–water partition coefficient (Wildman–Crippen LogP) is 1.95. The van der Waals surface area contributed by atoms with Gasteiger partial charge in [0, 0.05) is 11.9 Å². The van der Waals surface area contributed by atoms with E-state index < -0.39 is 5.97 Å². The smallest absolute Gasteiger partial charge is 0.339 e. The highest BCUT2D eigenvalue weighted by Crippen LogP contribution is 2.24. The van der Waals surface area contributed by atoms with Crippen molar-refractivity contribution >= 4 is 11.7 Å². The standard InChI is InChI=1S/C14H14N2O4/c1-19-13-9(3-2-6-16-13)8-20-12-5-4-10(15)7-11(12)14(17)18/h2-7H,8,15H2,1H3,(H,17,18). The van der Waals surface area contributed by atoms with E-state index in [1.807, 2.05) is 0 Å². The molecule has 0 aliphatic carbocycles. The molecule has 0 bridgehead atoms. The average molecular weight is 274 g/mol. The van der Waals surface area contributed by atoms with Crippen LogP contribution in [0.3, 0.4) is 0 Å². The van der Waals surface area contributed by atoms with Crippen molar-refractivity contribution in [3.05, 3.63) is 47.7 Å². The Bertz CT molecular complexity index is 628. The molecule has 0 spiro atoms. The van der Waals surface area contributed by atoms with Crippen LogP contribution in [0.4, 0.5) is 5.69 Å². The zero-order valence-corrected chi connectivity index (χ0v) is 10.9. The number of nitrogen functional groups attached to an aromatic ring is 1. The lowest BCUT2D eigenvalue weighted by Gasteiger charge is -2.11. The minimum Gasteiger partial charge on any atom is -0.488 e. The number of nitrogens with two attached hydrogens (primary N) is 1. The monoisotopic (exact) mass is 274 g/mol. The molecule has 1 aromatic heterocycles. The Kier molecular flexibility index (Phi) is 4.05. The van der Waals surface area contributed by atoms with E-state index in [-0.39, 0.29) is 17.9 Å². The zero-order chi connectivity index (χ0) is 14.5. The van der Waals surface area contributed by atoms with Gasteiger partial charge in [-0.3, -0.25) is 0 Å². The van der Waals surface area contributed by atoms with Crippen molar-refractivity contribution in [3.63, 3.8) is 0 Å². The molecular formula is C14H14N2O4. The van der Waals surface area contributed by atoms with Crippen LogP contribution in [-0.2, 0) is 6.61 Å². The molecule has 0 fully saturated rings. The summed E-state index contributed by atoms with van der Waals surface area (Å²) < 4.78 is 10.6. The Morgan fingerprint density at radius 3 is 2.90 bits per heavy atom. The first-order valence-electron chi connectivity index (χ1n) is 5.85. The largest absolute Gasteiger partial charge is 0.488 e. The van der Waals surface area contributed by atoms with Gasteiger partial charge in [-0.2, -0.15) is 0 Å². The molecule has 0 amide bonds. The van der Waals surface area contributed by atoms with Crippen LogP contribution in [-0.4, -0.2) is 23.2 Å². The van der Waals surface area contributed by atoms with Crippen LogP contribution >= 0.6 is 0 Å². The van der Waals surface area contributed by atoms with Gasteiger partial charge in [0.05, 0.1) is 12.7 Å². The summed E-state index contributed by atoms with van der Waals surface area (Å²) >= 11 is 0. The molecule has 20 heavy (non-hydrogen) atoms. The summed E-state index contributed by atoms with van der Waals surface area (Å²) in [5.74, 6) is -0.400. The first-order valence-corrected chi connectivity index (χ1v) is 5.85. The molecule has 1 aromatic carbocycles. The Balaban J connectivity index is 2.21. The van der Waals surface area contributed by atoms with Crippen molar-refractivity contribution in [1.29, 1.82) is 0 Å². The predicted molar refractivity (Wildman–Crippen MR) is 72.9 cm³/mol. The molecule has 104 valence electrons. The van der Waals surface area contributed by atoms with E-state index in [1.54, 1.807) is 24.4 Å². The van der Waals surface area contributed by atoms with E-state index in [2.05, 4.69) is 4.98 Å². The van der Waals surface area contributed by atoms with E-state index in [0.29, 0.717) is 11.6 Å². The fraction of sp³-hybridized carbons (Fsp3) is 0.143. The van der Waals surface area contributed by atoms with E-state index in [1.165, 1.54) is 19.2 Å². The molecule has 0 saturated carbocycles. The summed E-state index contributed by atoms with van der Waals surface area (Å²) in [6.45, 7) is 0.154. The fourth-order valence-corrected chi connectivity index (χ4v) is 1.71. The van der Waals surface area contributed by atoms with Crippen molar-refractivity contribution < 1.29 is 19.4 Å². The Labute approximate surface area is 115 Å². The third-order valence-corrected chi connectivity index (χ3v) is 2.66. The van der Waals surface area contributed by atoms with Gasteiger partial charge >= 0.3 is 5.97 Å². The van der Waals surface area contributed by atoms with E-state index in [4.69, 9.17) is 20.3 Å². The van der Waals surface area contributed by atoms with Gasteiger partial charge in [-0.05, 0) is 30.3 Å². The van der Waals surface area contributed by atoms with Gasteiger partial charge in [0.25, 0.3) is 0 Å². The molecule has 0 unspecified atom stereocenters. The minimum atomic E-state index is -1.09. The quantitative estimate of drug-likeness (QED) is 0.809. The number of ether oxygens (including phenoxy) is 2. The average Bonchev–Trinajstić information content (AvgIpc) is 2.46. The third-order valence-electron chi connectivity index (χ3n) is 2.66. The van der Waals surface area contributed by atoms with Crippen LogP contribution in [0.2, 0.25) is 0 Å². The van der Waals surface area contributed by atoms with Crippen LogP contribution in [0.25, 0.3) is 0 Å². The summed E-state index contributed by atoms with van der Waals surface area (Å²) in [7, 11) is 1.51. The van der Waals surface area contributed by atoms with Crippen LogP contribution < -0.4 is 15.2 Å². The number of hydrogen-bond donors (Lipinski definition) is 2. The van der Waals surface area contributed by atoms with Gasteiger partial charge in [-0.25, -0.2) is 9.78 Å². The van der Waals surface area contributed by atoms with Gasteiger partial charge in [-0.15, -0.1) is 0 Å². The molecule has 0 radical (unpaired) electrons. The van der Waals surface area contributed by atoms with Crippen LogP contribution in [0, 0.1) is 0 Å².